The maximum atomic E-state index is 12.9. The van der Waals surface area contributed by atoms with Crippen LogP contribution >= 0.6 is 0 Å². The van der Waals surface area contributed by atoms with Gasteiger partial charge in [0.05, 0.1) is 18.4 Å². The Morgan fingerprint density at radius 3 is 2.44 bits per heavy atom. The zero-order chi connectivity index (χ0) is 19.6. The van der Waals surface area contributed by atoms with Crippen molar-refractivity contribution in [1.29, 1.82) is 0 Å². The monoisotopic (exact) mass is 372 g/mol. The normalized spacial score (nSPS) is 20.9. The summed E-state index contributed by atoms with van der Waals surface area (Å²) in [5.41, 5.74) is 3.18. The fourth-order valence-electron chi connectivity index (χ4n) is 3.87. The van der Waals surface area contributed by atoms with Crippen LogP contribution in [0.25, 0.3) is 0 Å². The first-order valence-electron chi connectivity index (χ1n) is 9.73. The van der Waals surface area contributed by atoms with E-state index in [9.17, 15) is 14.4 Å². The van der Waals surface area contributed by atoms with Gasteiger partial charge in [-0.15, -0.1) is 0 Å². The first-order chi connectivity index (χ1) is 12.9. The molecule has 146 valence electrons. The number of benzene rings is 1. The van der Waals surface area contributed by atoms with Crippen LogP contribution in [0.2, 0.25) is 0 Å². The molecule has 2 fully saturated rings. The molecule has 0 N–H and O–H groups in total. The number of carbonyl (C=O) groups excluding carboxylic acids is 3. The molecule has 2 saturated heterocycles. The van der Waals surface area contributed by atoms with E-state index in [1.807, 2.05) is 32.0 Å². The van der Waals surface area contributed by atoms with E-state index in [4.69, 9.17) is 4.74 Å². The third-order valence-electron chi connectivity index (χ3n) is 5.70. The van der Waals surface area contributed by atoms with Crippen molar-refractivity contribution < 1.29 is 19.1 Å². The van der Waals surface area contributed by atoms with Gasteiger partial charge in [0.2, 0.25) is 11.8 Å². The maximum absolute atomic E-state index is 12.9. The molecule has 0 aliphatic carbocycles. The summed E-state index contributed by atoms with van der Waals surface area (Å²) in [4.78, 5) is 40.7. The molecule has 1 aromatic rings. The van der Waals surface area contributed by atoms with Crippen LogP contribution in [0.4, 0.5) is 5.69 Å². The molecule has 2 aliphatic heterocycles. The van der Waals surface area contributed by atoms with Crippen molar-refractivity contribution in [2.75, 3.05) is 31.1 Å². The van der Waals surface area contributed by atoms with Gasteiger partial charge in [0, 0.05) is 31.7 Å². The van der Waals surface area contributed by atoms with Crippen molar-refractivity contribution in [3.63, 3.8) is 0 Å². The summed E-state index contributed by atoms with van der Waals surface area (Å²) in [5, 5.41) is 0. The number of aryl methyl sites for hydroxylation is 2. The molecule has 6 heteroatoms. The topological polar surface area (TPSA) is 66.9 Å². The SMILES string of the molecule is CCOC(=O)C1CCN(C(=O)C2CC(=O)N(c3ccc(C)c(C)c3)C2)CC1. The van der Waals surface area contributed by atoms with Crippen molar-refractivity contribution in [2.45, 2.75) is 40.0 Å². The lowest BCUT2D eigenvalue weighted by Gasteiger charge is -2.32. The van der Waals surface area contributed by atoms with Gasteiger partial charge in [-0.2, -0.15) is 0 Å². The lowest BCUT2D eigenvalue weighted by Crippen LogP contribution is -2.44. The second-order valence-corrected chi connectivity index (χ2v) is 7.53. The van der Waals surface area contributed by atoms with Crippen LogP contribution in [0.1, 0.15) is 37.3 Å². The van der Waals surface area contributed by atoms with E-state index in [1.165, 1.54) is 5.56 Å². The Kier molecular flexibility index (Phi) is 5.82. The standard InChI is InChI=1S/C21H28N2O4/c1-4-27-21(26)16-7-9-22(10-8-16)20(25)17-12-19(24)23(13-17)18-6-5-14(2)15(3)11-18/h5-6,11,16-17H,4,7-10,12-13H2,1-3H3. The van der Waals surface area contributed by atoms with Crippen LogP contribution in [0.3, 0.4) is 0 Å². The van der Waals surface area contributed by atoms with Crippen LogP contribution in [0, 0.1) is 25.7 Å². The molecule has 0 bridgehead atoms. The fraction of sp³-hybridized carbons (Fsp3) is 0.571. The Morgan fingerprint density at radius 1 is 1.11 bits per heavy atom. The van der Waals surface area contributed by atoms with Crippen molar-refractivity contribution in [3.05, 3.63) is 29.3 Å². The van der Waals surface area contributed by atoms with Crippen LogP contribution in [-0.2, 0) is 19.1 Å². The number of ether oxygens (including phenoxy) is 1. The molecule has 2 heterocycles. The maximum Gasteiger partial charge on any atom is 0.309 e. The third kappa shape index (κ3) is 4.15. The van der Waals surface area contributed by atoms with Gasteiger partial charge in [-0.05, 0) is 56.9 Å². The molecule has 2 amide bonds. The summed E-state index contributed by atoms with van der Waals surface area (Å²) in [7, 11) is 0. The highest BCUT2D eigenvalue weighted by Crippen LogP contribution is 2.29. The Balaban J connectivity index is 1.59. The second-order valence-electron chi connectivity index (χ2n) is 7.53. The number of likely N-dealkylation sites (tertiary alicyclic amines) is 1. The average molecular weight is 372 g/mol. The van der Waals surface area contributed by atoms with Gasteiger partial charge in [-0.3, -0.25) is 14.4 Å². The number of hydrogen-bond acceptors (Lipinski definition) is 4. The van der Waals surface area contributed by atoms with Crippen LogP contribution in [-0.4, -0.2) is 48.9 Å². The third-order valence-corrected chi connectivity index (χ3v) is 5.70. The number of esters is 1. The second kappa shape index (κ2) is 8.11. The summed E-state index contributed by atoms with van der Waals surface area (Å²) in [6, 6.07) is 5.95. The Hall–Kier alpha value is -2.37. The number of rotatable bonds is 4. The Morgan fingerprint density at radius 2 is 1.81 bits per heavy atom. The van der Waals surface area contributed by atoms with Gasteiger partial charge in [0.25, 0.3) is 0 Å². The summed E-state index contributed by atoms with van der Waals surface area (Å²) < 4.78 is 5.08. The van der Waals surface area contributed by atoms with E-state index in [0.717, 1.165) is 11.3 Å². The predicted molar refractivity (Wildman–Crippen MR) is 102 cm³/mol. The molecule has 1 atom stereocenters. The number of nitrogens with zero attached hydrogens (tertiary/aromatic N) is 2. The van der Waals surface area contributed by atoms with E-state index >= 15 is 0 Å². The van der Waals surface area contributed by atoms with E-state index in [2.05, 4.69) is 0 Å². The van der Waals surface area contributed by atoms with Gasteiger partial charge in [0.1, 0.15) is 0 Å². The largest absolute Gasteiger partial charge is 0.466 e. The molecule has 3 rings (SSSR count). The minimum Gasteiger partial charge on any atom is -0.466 e. The molecule has 1 aromatic carbocycles. The fourth-order valence-corrected chi connectivity index (χ4v) is 3.87. The van der Waals surface area contributed by atoms with Gasteiger partial charge >= 0.3 is 5.97 Å². The Labute approximate surface area is 160 Å². The molecule has 0 saturated carbocycles. The Bertz CT molecular complexity index is 738. The highest BCUT2D eigenvalue weighted by molar-refractivity contribution is 6.00. The lowest BCUT2D eigenvalue weighted by atomic mass is 9.95. The van der Waals surface area contributed by atoms with E-state index < -0.39 is 0 Å². The zero-order valence-electron chi connectivity index (χ0n) is 16.4. The van der Waals surface area contributed by atoms with Crippen molar-refractivity contribution >= 4 is 23.5 Å². The number of carbonyl (C=O) groups is 3. The van der Waals surface area contributed by atoms with Crippen molar-refractivity contribution in [2.24, 2.45) is 11.8 Å². The molecular formula is C21H28N2O4. The van der Waals surface area contributed by atoms with Gasteiger partial charge in [-0.1, -0.05) is 6.07 Å². The number of amides is 2. The van der Waals surface area contributed by atoms with E-state index in [0.29, 0.717) is 39.1 Å². The highest BCUT2D eigenvalue weighted by atomic mass is 16.5. The summed E-state index contributed by atoms with van der Waals surface area (Å²) in [6.07, 6.45) is 1.52. The molecule has 1 unspecified atom stereocenters. The van der Waals surface area contributed by atoms with Crippen molar-refractivity contribution in [3.8, 4) is 0 Å². The molecule has 6 nitrogen and oxygen atoms in total. The van der Waals surface area contributed by atoms with E-state index in [1.54, 1.807) is 16.7 Å². The van der Waals surface area contributed by atoms with Gasteiger partial charge < -0.3 is 14.5 Å². The smallest absolute Gasteiger partial charge is 0.309 e. The lowest BCUT2D eigenvalue weighted by molar-refractivity contribution is -0.151. The summed E-state index contributed by atoms with van der Waals surface area (Å²) in [6.45, 7) is 7.78. The van der Waals surface area contributed by atoms with E-state index in [-0.39, 0.29) is 36.0 Å². The molecule has 0 radical (unpaired) electrons. The molecular weight excluding hydrogens is 344 g/mol. The average Bonchev–Trinajstić information content (AvgIpc) is 3.05. The molecule has 2 aliphatic rings. The minimum absolute atomic E-state index is 0.00184. The highest BCUT2D eigenvalue weighted by Gasteiger charge is 2.38. The van der Waals surface area contributed by atoms with Gasteiger partial charge in [0.15, 0.2) is 0 Å². The molecule has 0 spiro atoms. The number of hydrogen-bond donors (Lipinski definition) is 0. The van der Waals surface area contributed by atoms with Crippen LogP contribution < -0.4 is 4.90 Å². The van der Waals surface area contributed by atoms with Crippen molar-refractivity contribution in [1.82, 2.24) is 4.90 Å². The first-order valence-corrected chi connectivity index (χ1v) is 9.73. The predicted octanol–water partition coefficient (Wildman–Crippen LogP) is 2.46. The van der Waals surface area contributed by atoms with Crippen LogP contribution in [0.15, 0.2) is 18.2 Å². The zero-order valence-corrected chi connectivity index (χ0v) is 16.4. The quantitative estimate of drug-likeness (QED) is 0.762. The number of anilines is 1. The summed E-state index contributed by atoms with van der Waals surface area (Å²) >= 11 is 0. The first kappa shape index (κ1) is 19.4. The van der Waals surface area contributed by atoms with Gasteiger partial charge in [-0.25, -0.2) is 0 Å². The molecule has 0 aromatic heterocycles. The number of piperidine rings is 1. The minimum atomic E-state index is -0.307. The molecule has 27 heavy (non-hydrogen) atoms. The summed E-state index contributed by atoms with van der Waals surface area (Å²) in [5.74, 6) is -0.568. The van der Waals surface area contributed by atoms with Crippen LogP contribution in [0.5, 0.6) is 0 Å².